The molecule has 0 fully saturated rings. The quantitative estimate of drug-likeness (QED) is 0.665. The number of nitrogens with zero attached hydrogens (tertiary/aromatic N) is 2. The Morgan fingerprint density at radius 3 is 2.65 bits per heavy atom. The van der Waals surface area contributed by atoms with E-state index in [1.807, 2.05) is 30.7 Å². The van der Waals surface area contributed by atoms with Crippen molar-refractivity contribution in [2.24, 2.45) is 5.73 Å². The van der Waals surface area contributed by atoms with Crippen LogP contribution >= 0.6 is 15.9 Å². The molecule has 0 saturated carbocycles. The first-order valence-electron chi connectivity index (χ1n) is 6.15. The zero-order valence-electron chi connectivity index (χ0n) is 11.7. The van der Waals surface area contributed by atoms with Crippen molar-refractivity contribution >= 4 is 21.8 Å². The van der Waals surface area contributed by atoms with Crippen LogP contribution in [-0.2, 0) is 6.54 Å². The molecule has 0 saturated heterocycles. The van der Waals surface area contributed by atoms with Crippen molar-refractivity contribution in [3.05, 3.63) is 45.2 Å². The van der Waals surface area contributed by atoms with Crippen molar-refractivity contribution in [3.63, 3.8) is 0 Å². The first-order chi connectivity index (χ1) is 9.43. The van der Waals surface area contributed by atoms with Gasteiger partial charge in [0.2, 0.25) is 0 Å². The second kappa shape index (κ2) is 5.66. The molecule has 0 unspecified atom stereocenters. The van der Waals surface area contributed by atoms with Crippen molar-refractivity contribution in [3.8, 4) is 5.75 Å². The maximum Gasteiger partial charge on any atom is 0.123 e. The lowest BCUT2D eigenvalue weighted by Gasteiger charge is -2.11. The van der Waals surface area contributed by atoms with Crippen LogP contribution in [0.3, 0.4) is 0 Å². The molecule has 20 heavy (non-hydrogen) atoms. The summed E-state index contributed by atoms with van der Waals surface area (Å²) in [5, 5.41) is 12.0. The van der Waals surface area contributed by atoms with Gasteiger partial charge in [-0.1, -0.05) is 0 Å². The van der Waals surface area contributed by atoms with E-state index in [-0.39, 0.29) is 5.84 Å². The van der Waals surface area contributed by atoms with Crippen LogP contribution in [0.2, 0.25) is 0 Å². The smallest absolute Gasteiger partial charge is 0.123 e. The molecule has 1 aromatic carbocycles. The van der Waals surface area contributed by atoms with E-state index in [1.165, 1.54) is 0 Å². The van der Waals surface area contributed by atoms with Gasteiger partial charge in [0.15, 0.2) is 0 Å². The predicted molar refractivity (Wildman–Crippen MR) is 82.5 cm³/mol. The maximum absolute atomic E-state index is 7.53. The van der Waals surface area contributed by atoms with Gasteiger partial charge in [0.05, 0.1) is 29.5 Å². The molecule has 0 aliphatic carbocycles. The maximum atomic E-state index is 7.53. The number of hydrogen-bond donors (Lipinski definition) is 2. The molecule has 0 amide bonds. The lowest BCUT2D eigenvalue weighted by atomic mass is 10.1. The van der Waals surface area contributed by atoms with Gasteiger partial charge in [-0.15, -0.1) is 0 Å². The molecule has 2 rings (SSSR count). The monoisotopic (exact) mass is 336 g/mol. The average molecular weight is 337 g/mol. The van der Waals surface area contributed by atoms with Gasteiger partial charge in [0.1, 0.15) is 11.6 Å². The number of nitrogen functional groups attached to an aromatic ring is 1. The molecular formula is C14H17BrN4O. The molecule has 106 valence electrons. The SMILES string of the molecule is COc1ccc(C(=N)N)cc1Cn1nc(C)c(Br)c1C. The summed E-state index contributed by atoms with van der Waals surface area (Å²) in [4.78, 5) is 0. The van der Waals surface area contributed by atoms with E-state index in [4.69, 9.17) is 15.9 Å². The number of nitrogens with two attached hydrogens (primary N) is 1. The Hall–Kier alpha value is -1.82. The first kappa shape index (κ1) is 14.6. The van der Waals surface area contributed by atoms with Gasteiger partial charge in [0.25, 0.3) is 0 Å². The number of ether oxygens (including phenoxy) is 1. The molecule has 1 heterocycles. The molecule has 2 aromatic rings. The van der Waals surface area contributed by atoms with Crippen LogP contribution in [0.15, 0.2) is 22.7 Å². The van der Waals surface area contributed by atoms with Gasteiger partial charge in [-0.2, -0.15) is 5.10 Å². The molecule has 5 nitrogen and oxygen atoms in total. The Labute approximate surface area is 126 Å². The van der Waals surface area contributed by atoms with Crippen LogP contribution in [0, 0.1) is 19.3 Å². The summed E-state index contributed by atoms with van der Waals surface area (Å²) in [7, 11) is 1.63. The van der Waals surface area contributed by atoms with Gasteiger partial charge in [-0.05, 0) is 48.0 Å². The largest absolute Gasteiger partial charge is 0.496 e. The van der Waals surface area contributed by atoms with Crippen molar-refractivity contribution in [2.75, 3.05) is 7.11 Å². The Balaban J connectivity index is 2.43. The Kier molecular flexibility index (Phi) is 4.13. The van der Waals surface area contributed by atoms with E-state index in [2.05, 4.69) is 21.0 Å². The van der Waals surface area contributed by atoms with Gasteiger partial charge >= 0.3 is 0 Å². The summed E-state index contributed by atoms with van der Waals surface area (Å²) in [6, 6.07) is 5.47. The number of aryl methyl sites for hydroxylation is 1. The van der Waals surface area contributed by atoms with Crippen molar-refractivity contribution < 1.29 is 4.74 Å². The first-order valence-corrected chi connectivity index (χ1v) is 6.94. The van der Waals surface area contributed by atoms with Crippen molar-refractivity contribution in [1.82, 2.24) is 9.78 Å². The zero-order valence-corrected chi connectivity index (χ0v) is 13.3. The predicted octanol–water partition coefficient (Wildman–Crippen LogP) is 2.60. The minimum atomic E-state index is 0.0449. The number of hydrogen-bond acceptors (Lipinski definition) is 3. The minimum absolute atomic E-state index is 0.0449. The third-order valence-corrected chi connectivity index (χ3v) is 4.35. The third kappa shape index (κ3) is 2.70. The number of rotatable bonds is 4. The van der Waals surface area contributed by atoms with E-state index >= 15 is 0 Å². The topological polar surface area (TPSA) is 76.9 Å². The summed E-state index contributed by atoms with van der Waals surface area (Å²) in [6.07, 6.45) is 0. The van der Waals surface area contributed by atoms with E-state index < -0.39 is 0 Å². The fourth-order valence-electron chi connectivity index (χ4n) is 2.06. The fourth-order valence-corrected chi connectivity index (χ4v) is 2.34. The number of methoxy groups -OCH3 is 1. The minimum Gasteiger partial charge on any atom is -0.496 e. The standard InChI is InChI=1S/C14H17BrN4O/c1-8-13(15)9(2)19(18-8)7-11-6-10(14(16)17)4-5-12(11)20-3/h4-6H,7H2,1-3H3,(H3,16,17). The van der Waals surface area contributed by atoms with Gasteiger partial charge < -0.3 is 10.5 Å². The van der Waals surface area contributed by atoms with E-state index in [1.54, 1.807) is 13.2 Å². The number of nitrogens with one attached hydrogen (secondary N) is 1. The lowest BCUT2D eigenvalue weighted by molar-refractivity contribution is 0.407. The molecule has 0 atom stereocenters. The highest BCUT2D eigenvalue weighted by molar-refractivity contribution is 9.10. The van der Waals surface area contributed by atoms with Crippen LogP contribution in [0.4, 0.5) is 0 Å². The van der Waals surface area contributed by atoms with Crippen LogP contribution in [0.25, 0.3) is 0 Å². The molecule has 0 spiro atoms. The fraction of sp³-hybridized carbons (Fsp3) is 0.286. The molecule has 0 aliphatic rings. The molecule has 0 aliphatic heterocycles. The van der Waals surface area contributed by atoms with E-state index in [0.717, 1.165) is 27.2 Å². The number of amidine groups is 1. The lowest BCUT2D eigenvalue weighted by Crippen LogP contribution is -2.13. The number of halogens is 1. The second-order valence-corrected chi connectivity index (χ2v) is 5.38. The van der Waals surface area contributed by atoms with Crippen molar-refractivity contribution in [1.29, 1.82) is 5.41 Å². The van der Waals surface area contributed by atoms with Crippen LogP contribution in [0.5, 0.6) is 5.75 Å². The Morgan fingerprint density at radius 1 is 1.45 bits per heavy atom. The summed E-state index contributed by atoms with van der Waals surface area (Å²) in [5.74, 6) is 0.808. The average Bonchev–Trinajstić information content (AvgIpc) is 2.66. The third-order valence-electron chi connectivity index (χ3n) is 3.20. The van der Waals surface area contributed by atoms with Crippen molar-refractivity contribution in [2.45, 2.75) is 20.4 Å². The van der Waals surface area contributed by atoms with E-state index in [9.17, 15) is 0 Å². The molecule has 6 heteroatoms. The molecule has 3 N–H and O–H groups in total. The molecule has 0 bridgehead atoms. The molecule has 1 aromatic heterocycles. The van der Waals surface area contributed by atoms with Gasteiger partial charge in [-0.25, -0.2) is 0 Å². The summed E-state index contributed by atoms with van der Waals surface area (Å²) in [6.45, 7) is 4.53. The Bertz CT molecular complexity index is 663. The molecular weight excluding hydrogens is 320 g/mol. The number of benzene rings is 1. The Morgan fingerprint density at radius 2 is 2.15 bits per heavy atom. The highest BCUT2D eigenvalue weighted by Gasteiger charge is 2.12. The number of aromatic nitrogens is 2. The van der Waals surface area contributed by atoms with E-state index in [0.29, 0.717) is 12.1 Å². The van der Waals surface area contributed by atoms with Crippen LogP contribution in [-0.4, -0.2) is 22.7 Å². The molecule has 0 radical (unpaired) electrons. The van der Waals surface area contributed by atoms with Crippen LogP contribution in [0.1, 0.15) is 22.5 Å². The normalized spacial score (nSPS) is 10.6. The zero-order chi connectivity index (χ0) is 14.9. The van der Waals surface area contributed by atoms with Gasteiger partial charge in [-0.3, -0.25) is 10.1 Å². The van der Waals surface area contributed by atoms with Crippen LogP contribution < -0.4 is 10.5 Å². The van der Waals surface area contributed by atoms with Gasteiger partial charge in [0, 0.05) is 11.1 Å². The highest BCUT2D eigenvalue weighted by Crippen LogP contribution is 2.24. The highest BCUT2D eigenvalue weighted by atomic mass is 79.9. The summed E-state index contributed by atoms with van der Waals surface area (Å²) >= 11 is 3.52. The summed E-state index contributed by atoms with van der Waals surface area (Å²) in [5.41, 5.74) is 9.16. The second-order valence-electron chi connectivity index (χ2n) is 4.58. The summed E-state index contributed by atoms with van der Waals surface area (Å²) < 4.78 is 8.28.